The summed E-state index contributed by atoms with van der Waals surface area (Å²) < 4.78 is 19.4. The molecule has 18 heavy (non-hydrogen) atoms. The molecule has 5 heteroatoms. The van der Waals surface area contributed by atoms with E-state index in [0.29, 0.717) is 11.1 Å². The SMILES string of the molecule is CCOC1CC(NC(=O)c2cccc(Br)c2F)C1. The normalized spacial score (nSPS) is 22.4. The van der Waals surface area contributed by atoms with Gasteiger partial charge >= 0.3 is 0 Å². The van der Waals surface area contributed by atoms with Gasteiger partial charge in [-0.1, -0.05) is 6.07 Å². The van der Waals surface area contributed by atoms with Crippen LogP contribution in [-0.2, 0) is 4.74 Å². The van der Waals surface area contributed by atoms with Crippen molar-refractivity contribution in [2.75, 3.05) is 6.61 Å². The average molecular weight is 316 g/mol. The van der Waals surface area contributed by atoms with E-state index in [0.717, 1.165) is 12.8 Å². The molecule has 0 radical (unpaired) electrons. The van der Waals surface area contributed by atoms with Crippen molar-refractivity contribution < 1.29 is 13.9 Å². The molecule has 0 heterocycles. The van der Waals surface area contributed by atoms with Gasteiger partial charge in [0.15, 0.2) is 0 Å². The second kappa shape index (κ2) is 5.80. The third-order valence-electron chi connectivity index (χ3n) is 3.03. The number of nitrogens with one attached hydrogen (secondary N) is 1. The molecule has 0 spiro atoms. The van der Waals surface area contributed by atoms with Crippen LogP contribution in [0.2, 0.25) is 0 Å². The zero-order chi connectivity index (χ0) is 13.1. The topological polar surface area (TPSA) is 38.3 Å². The van der Waals surface area contributed by atoms with E-state index in [1.807, 2.05) is 6.92 Å². The van der Waals surface area contributed by atoms with Gasteiger partial charge in [0.25, 0.3) is 5.91 Å². The maximum Gasteiger partial charge on any atom is 0.254 e. The molecule has 1 N–H and O–H groups in total. The predicted octanol–water partition coefficient (Wildman–Crippen LogP) is 2.89. The number of amides is 1. The molecule has 1 aromatic carbocycles. The summed E-state index contributed by atoms with van der Waals surface area (Å²) in [5, 5.41) is 2.81. The summed E-state index contributed by atoms with van der Waals surface area (Å²) in [5.41, 5.74) is 0.0734. The van der Waals surface area contributed by atoms with Gasteiger partial charge in [0.05, 0.1) is 16.1 Å². The van der Waals surface area contributed by atoms with Crippen molar-refractivity contribution in [1.29, 1.82) is 0 Å². The van der Waals surface area contributed by atoms with E-state index in [1.165, 1.54) is 6.07 Å². The maximum absolute atomic E-state index is 13.7. The van der Waals surface area contributed by atoms with Gasteiger partial charge in [-0.05, 0) is 47.8 Å². The molecule has 0 aliphatic heterocycles. The van der Waals surface area contributed by atoms with Crippen LogP contribution in [0.1, 0.15) is 30.1 Å². The summed E-state index contributed by atoms with van der Waals surface area (Å²) in [6, 6.07) is 4.79. The summed E-state index contributed by atoms with van der Waals surface area (Å²) in [7, 11) is 0. The molecule has 0 saturated heterocycles. The van der Waals surface area contributed by atoms with E-state index >= 15 is 0 Å². The minimum Gasteiger partial charge on any atom is -0.378 e. The molecule has 1 aromatic rings. The summed E-state index contributed by atoms with van der Waals surface area (Å²) in [6.07, 6.45) is 1.83. The van der Waals surface area contributed by atoms with Crippen LogP contribution in [0.3, 0.4) is 0 Å². The highest BCUT2D eigenvalue weighted by Gasteiger charge is 2.31. The van der Waals surface area contributed by atoms with Crippen molar-refractivity contribution in [2.45, 2.75) is 31.9 Å². The van der Waals surface area contributed by atoms with Crippen molar-refractivity contribution >= 4 is 21.8 Å². The third-order valence-corrected chi connectivity index (χ3v) is 3.64. The Hall–Kier alpha value is -0.940. The highest BCUT2D eigenvalue weighted by molar-refractivity contribution is 9.10. The number of benzene rings is 1. The van der Waals surface area contributed by atoms with E-state index < -0.39 is 5.82 Å². The molecular formula is C13H15BrFNO2. The van der Waals surface area contributed by atoms with Crippen molar-refractivity contribution in [1.82, 2.24) is 5.32 Å². The van der Waals surface area contributed by atoms with E-state index in [-0.39, 0.29) is 23.6 Å². The molecule has 1 aliphatic carbocycles. The molecule has 1 aliphatic rings. The average Bonchev–Trinajstić information content (AvgIpc) is 2.30. The lowest BCUT2D eigenvalue weighted by atomic mass is 9.89. The number of hydrogen-bond acceptors (Lipinski definition) is 2. The number of carbonyl (C=O) groups excluding carboxylic acids is 1. The minimum atomic E-state index is -0.518. The Morgan fingerprint density at radius 3 is 2.94 bits per heavy atom. The van der Waals surface area contributed by atoms with E-state index in [2.05, 4.69) is 21.2 Å². The largest absolute Gasteiger partial charge is 0.378 e. The zero-order valence-corrected chi connectivity index (χ0v) is 11.7. The lowest BCUT2D eigenvalue weighted by Gasteiger charge is -2.35. The van der Waals surface area contributed by atoms with Gasteiger partial charge in [-0.25, -0.2) is 4.39 Å². The van der Waals surface area contributed by atoms with Crippen molar-refractivity contribution in [2.24, 2.45) is 0 Å². The quantitative estimate of drug-likeness (QED) is 0.927. The lowest BCUT2D eigenvalue weighted by molar-refractivity contribution is -0.00865. The Labute approximate surface area is 114 Å². The lowest BCUT2D eigenvalue weighted by Crippen LogP contribution is -2.48. The Bertz CT molecular complexity index is 447. The van der Waals surface area contributed by atoms with Gasteiger partial charge < -0.3 is 10.1 Å². The minimum absolute atomic E-state index is 0.0734. The molecule has 0 aromatic heterocycles. The molecule has 0 unspecified atom stereocenters. The monoisotopic (exact) mass is 315 g/mol. The fourth-order valence-electron chi connectivity index (χ4n) is 2.00. The fraction of sp³-hybridized carbons (Fsp3) is 0.462. The Kier molecular flexibility index (Phi) is 4.35. The van der Waals surface area contributed by atoms with E-state index in [9.17, 15) is 9.18 Å². The molecule has 0 atom stereocenters. The molecule has 2 rings (SSSR count). The smallest absolute Gasteiger partial charge is 0.254 e. The number of rotatable bonds is 4. The summed E-state index contributed by atoms with van der Waals surface area (Å²) in [5.74, 6) is -0.885. The predicted molar refractivity (Wildman–Crippen MR) is 70.0 cm³/mol. The van der Waals surface area contributed by atoms with Crippen LogP contribution in [-0.4, -0.2) is 24.7 Å². The second-order valence-electron chi connectivity index (χ2n) is 4.32. The van der Waals surface area contributed by atoms with Crippen molar-refractivity contribution in [3.8, 4) is 0 Å². The van der Waals surface area contributed by atoms with Gasteiger partial charge in [-0.3, -0.25) is 4.79 Å². The first-order valence-electron chi connectivity index (χ1n) is 5.98. The number of halogens is 2. The molecule has 98 valence electrons. The zero-order valence-electron chi connectivity index (χ0n) is 10.1. The van der Waals surface area contributed by atoms with Crippen LogP contribution in [0, 0.1) is 5.82 Å². The van der Waals surface area contributed by atoms with Crippen LogP contribution in [0.25, 0.3) is 0 Å². The van der Waals surface area contributed by atoms with E-state index in [4.69, 9.17) is 4.74 Å². The highest BCUT2D eigenvalue weighted by atomic mass is 79.9. The number of ether oxygens (including phenoxy) is 1. The van der Waals surface area contributed by atoms with Gasteiger partial charge in [0, 0.05) is 12.6 Å². The Morgan fingerprint density at radius 2 is 2.28 bits per heavy atom. The molecule has 0 bridgehead atoms. The molecule has 1 saturated carbocycles. The maximum atomic E-state index is 13.7. The fourth-order valence-corrected chi connectivity index (χ4v) is 2.36. The van der Waals surface area contributed by atoms with Gasteiger partial charge in [0.2, 0.25) is 0 Å². The molecule has 3 nitrogen and oxygen atoms in total. The molecular weight excluding hydrogens is 301 g/mol. The number of hydrogen-bond donors (Lipinski definition) is 1. The first kappa shape index (κ1) is 13.5. The summed E-state index contributed by atoms with van der Waals surface area (Å²) in [6.45, 7) is 2.63. The standard InChI is InChI=1S/C13H15BrFNO2/c1-2-18-9-6-8(7-9)16-13(17)10-4-3-5-11(14)12(10)15/h3-5,8-9H,2,6-7H2,1H3,(H,16,17). The summed E-state index contributed by atoms with van der Waals surface area (Å²) in [4.78, 5) is 11.9. The molecule has 1 fully saturated rings. The first-order valence-corrected chi connectivity index (χ1v) is 6.77. The highest BCUT2D eigenvalue weighted by Crippen LogP contribution is 2.24. The van der Waals surface area contributed by atoms with Crippen LogP contribution < -0.4 is 5.32 Å². The van der Waals surface area contributed by atoms with E-state index in [1.54, 1.807) is 12.1 Å². The van der Waals surface area contributed by atoms with Crippen LogP contribution in [0.5, 0.6) is 0 Å². The number of carbonyl (C=O) groups is 1. The van der Waals surface area contributed by atoms with Gasteiger partial charge in [0.1, 0.15) is 5.82 Å². The molecule has 1 amide bonds. The van der Waals surface area contributed by atoms with Crippen molar-refractivity contribution in [3.63, 3.8) is 0 Å². The Balaban J connectivity index is 1.91. The first-order chi connectivity index (χ1) is 8.61. The van der Waals surface area contributed by atoms with Crippen LogP contribution in [0.15, 0.2) is 22.7 Å². The van der Waals surface area contributed by atoms with Crippen LogP contribution >= 0.6 is 15.9 Å². The van der Waals surface area contributed by atoms with Crippen molar-refractivity contribution in [3.05, 3.63) is 34.1 Å². The Morgan fingerprint density at radius 1 is 1.56 bits per heavy atom. The third kappa shape index (κ3) is 2.90. The second-order valence-corrected chi connectivity index (χ2v) is 5.17. The van der Waals surface area contributed by atoms with Gasteiger partial charge in [-0.2, -0.15) is 0 Å². The van der Waals surface area contributed by atoms with Crippen LogP contribution in [0.4, 0.5) is 4.39 Å². The summed E-state index contributed by atoms with van der Waals surface area (Å²) >= 11 is 3.07. The van der Waals surface area contributed by atoms with Gasteiger partial charge in [-0.15, -0.1) is 0 Å².